The summed E-state index contributed by atoms with van der Waals surface area (Å²) in [6.07, 6.45) is 1.75. The van der Waals surface area contributed by atoms with Crippen molar-refractivity contribution < 1.29 is 0 Å². The summed E-state index contributed by atoms with van der Waals surface area (Å²) in [6.45, 7) is 0.695. The van der Waals surface area contributed by atoms with Gasteiger partial charge >= 0.3 is 0 Å². The van der Waals surface area contributed by atoms with Crippen molar-refractivity contribution in [2.75, 3.05) is 5.73 Å². The maximum atomic E-state index is 5.88. The number of anilines is 1. The van der Waals surface area contributed by atoms with E-state index in [1.165, 1.54) is 15.6 Å². The summed E-state index contributed by atoms with van der Waals surface area (Å²) < 4.78 is 3.06. The highest BCUT2D eigenvalue weighted by atomic mass is 35.5. The largest absolute Gasteiger partial charge is 0.381 e. The molecule has 0 spiro atoms. The van der Waals surface area contributed by atoms with Crippen LogP contribution in [-0.4, -0.2) is 9.78 Å². The van der Waals surface area contributed by atoms with Gasteiger partial charge in [-0.2, -0.15) is 5.10 Å². The molecular formula is C12H10ClN3S. The molecule has 1 aromatic carbocycles. The standard InChI is InChI=1S/C12H10ClN3S/c13-10-6-16(15-12(10)14)5-8-7-17-11-4-2-1-3-9(8)11/h1-4,6-7H,5H2,(H2,14,15). The van der Waals surface area contributed by atoms with Gasteiger partial charge in [0.2, 0.25) is 0 Å². The van der Waals surface area contributed by atoms with Crippen LogP contribution in [0.2, 0.25) is 5.02 Å². The van der Waals surface area contributed by atoms with Gasteiger partial charge in [0.05, 0.1) is 6.54 Å². The maximum Gasteiger partial charge on any atom is 0.164 e. The van der Waals surface area contributed by atoms with Crippen LogP contribution in [0.4, 0.5) is 5.82 Å². The lowest BCUT2D eigenvalue weighted by molar-refractivity contribution is 0.695. The van der Waals surface area contributed by atoms with Gasteiger partial charge in [-0.1, -0.05) is 29.8 Å². The number of benzene rings is 1. The number of thiophene rings is 1. The summed E-state index contributed by atoms with van der Waals surface area (Å²) in [4.78, 5) is 0. The number of rotatable bonds is 2. The zero-order chi connectivity index (χ0) is 11.8. The zero-order valence-corrected chi connectivity index (χ0v) is 10.5. The van der Waals surface area contributed by atoms with E-state index in [9.17, 15) is 0 Å². The summed E-state index contributed by atoms with van der Waals surface area (Å²) in [5, 5.41) is 8.08. The first kappa shape index (κ1) is 10.6. The first-order chi connectivity index (χ1) is 8.24. The molecule has 0 amide bonds. The molecule has 17 heavy (non-hydrogen) atoms. The molecule has 0 unspecified atom stereocenters. The minimum Gasteiger partial charge on any atom is -0.381 e. The van der Waals surface area contributed by atoms with Crippen molar-refractivity contribution in [2.24, 2.45) is 0 Å². The molecule has 0 bridgehead atoms. The number of nitrogens with two attached hydrogens (primary N) is 1. The SMILES string of the molecule is Nc1nn(Cc2csc3ccccc23)cc1Cl. The molecule has 5 heteroatoms. The molecule has 0 saturated heterocycles. The number of halogens is 1. The normalized spacial score (nSPS) is 11.1. The Morgan fingerprint density at radius 2 is 2.18 bits per heavy atom. The highest BCUT2D eigenvalue weighted by molar-refractivity contribution is 7.17. The molecule has 0 atom stereocenters. The molecule has 0 radical (unpaired) electrons. The van der Waals surface area contributed by atoms with Gasteiger partial charge in [0.15, 0.2) is 5.82 Å². The molecule has 2 heterocycles. The fraction of sp³-hybridized carbons (Fsp3) is 0.0833. The van der Waals surface area contributed by atoms with Crippen LogP contribution in [0.15, 0.2) is 35.8 Å². The molecular weight excluding hydrogens is 254 g/mol. The molecule has 0 saturated carbocycles. The molecule has 3 nitrogen and oxygen atoms in total. The van der Waals surface area contributed by atoms with E-state index in [-0.39, 0.29) is 0 Å². The fourth-order valence-electron chi connectivity index (χ4n) is 1.82. The van der Waals surface area contributed by atoms with Crippen LogP contribution in [0.5, 0.6) is 0 Å². The van der Waals surface area contributed by atoms with Gasteiger partial charge < -0.3 is 5.73 Å². The van der Waals surface area contributed by atoms with Crippen molar-refractivity contribution in [2.45, 2.75) is 6.54 Å². The van der Waals surface area contributed by atoms with E-state index in [0.29, 0.717) is 17.4 Å². The fourth-order valence-corrected chi connectivity index (χ4v) is 2.93. The Morgan fingerprint density at radius 3 is 2.94 bits per heavy atom. The van der Waals surface area contributed by atoms with E-state index in [1.807, 2.05) is 12.1 Å². The molecule has 0 aliphatic carbocycles. The molecule has 0 fully saturated rings. The summed E-state index contributed by atoms with van der Waals surface area (Å²) in [5.41, 5.74) is 6.86. The molecule has 3 aromatic rings. The number of fused-ring (bicyclic) bond motifs is 1. The summed E-state index contributed by atoms with van der Waals surface area (Å²) in [5.74, 6) is 0.381. The van der Waals surface area contributed by atoms with Gasteiger partial charge in [0.25, 0.3) is 0 Å². The summed E-state index contributed by atoms with van der Waals surface area (Å²) in [7, 11) is 0. The Hall–Kier alpha value is -1.52. The van der Waals surface area contributed by atoms with Crippen LogP contribution in [0, 0.1) is 0 Å². The van der Waals surface area contributed by atoms with Crippen molar-refractivity contribution in [1.82, 2.24) is 9.78 Å². The highest BCUT2D eigenvalue weighted by Gasteiger charge is 2.07. The average Bonchev–Trinajstić information content (AvgIpc) is 2.85. The third-order valence-electron chi connectivity index (χ3n) is 2.64. The first-order valence-electron chi connectivity index (χ1n) is 5.17. The van der Waals surface area contributed by atoms with Gasteiger partial charge in [0.1, 0.15) is 5.02 Å². The number of hydrogen-bond donors (Lipinski definition) is 1. The second-order valence-corrected chi connectivity index (χ2v) is 5.14. The van der Waals surface area contributed by atoms with Crippen LogP contribution in [0.3, 0.4) is 0 Å². The molecule has 2 N–H and O–H groups in total. The van der Waals surface area contributed by atoms with Crippen LogP contribution in [0.25, 0.3) is 10.1 Å². The highest BCUT2D eigenvalue weighted by Crippen LogP contribution is 2.26. The second kappa shape index (κ2) is 4.05. The topological polar surface area (TPSA) is 43.8 Å². The van der Waals surface area contributed by atoms with Gasteiger partial charge in [-0.25, -0.2) is 0 Å². The van der Waals surface area contributed by atoms with E-state index >= 15 is 0 Å². The lowest BCUT2D eigenvalue weighted by Crippen LogP contribution is -2.00. The van der Waals surface area contributed by atoms with E-state index in [2.05, 4.69) is 22.6 Å². The van der Waals surface area contributed by atoms with Crippen LogP contribution in [-0.2, 0) is 6.54 Å². The minimum atomic E-state index is 0.381. The number of aromatic nitrogens is 2. The van der Waals surface area contributed by atoms with Crippen molar-refractivity contribution >= 4 is 38.8 Å². The first-order valence-corrected chi connectivity index (χ1v) is 6.43. The smallest absolute Gasteiger partial charge is 0.164 e. The Labute approximate surface area is 107 Å². The molecule has 2 aromatic heterocycles. The predicted octanol–water partition coefficient (Wildman–Crippen LogP) is 3.38. The van der Waals surface area contributed by atoms with E-state index < -0.39 is 0 Å². The summed E-state index contributed by atoms with van der Waals surface area (Å²) >= 11 is 7.62. The van der Waals surface area contributed by atoms with Crippen molar-refractivity contribution in [3.63, 3.8) is 0 Å². The Kier molecular flexibility index (Phi) is 2.53. The molecule has 86 valence electrons. The van der Waals surface area contributed by atoms with Gasteiger partial charge in [-0.05, 0) is 22.4 Å². The third kappa shape index (κ3) is 1.90. The number of nitrogen functional groups attached to an aromatic ring is 1. The van der Waals surface area contributed by atoms with Gasteiger partial charge in [-0.3, -0.25) is 4.68 Å². The maximum absolute atomic E-state index is 5.88. The minimum absolute atomic E-state index is 0.381. The van der Waals surface area contributed by atoms with Crippen molar-refractivity contribution in [3.8, 4) is 0 Å². The van der Waals surface area contributed by atoms with Crippen LogP contribution < -0.4 is 5.73 Å². The lowest BCUT2D eigenvalue weighted by atomic mass is 10.2. The second-order valence-electron chi connectivity index (χ2n) is 3.82. The van der Waals surface area contributed by atoms with Crippen molar-refractivity contribution in [3.05, 3.63) is 46.4 Å². The van der Waals surface area contributed by atoms with Gasteiger partial charge in [0, 0.05) is 10.9 Å². The van der Waals surface area contributed by atoms with Crippen LogP contribution in [0.1, 0.15) is 5.56 Å². The Bertz CT molecular complexity index is 652. The Balaban J connectivity index is 2.00. The summed E-state index contributed by atoms with van der Waals surface area (Å²) in [6, 6.07) is 8.33. The third-order valence-corrected chi connectivity index (χ3v) is 3.94. The van der Waals surface area contributed by atoms with Crippen molar-refractivity contribution in [1.29, 1.82) is 0 Å². The average molecular weight is 264 g/mol. The van der Waals surface area contributed by atoms with Gasteiger partial charge in [-0.15, -0.1) is 11.3 Å². The molecule has 0 aliphatic rings. The number of hydrogen-bond acceptors (Lipinski definition) is 3. The van der Waals surface area contributed by atoms with E-state index in [1.54, 1.807) is 22.2 Å². The van der Waals surface area contributed by atoms with E-state index in [0.717, 1.165) is 0 Å². The number of nitrogens with zero attached hydrogens (tertiary/aromatic N) is 2. The monoisotopic (exact) mass is 263 g/mol. The predicted molar refractivity (Wildman–Crippen MR) is 72.6 cm³/mol. The molecule has 0 aliphatic heterocycles. The van der Waals surface area contributed by atoms with E-state index in [4.69, 9.17) is 17.3 Å². The quantitative estimate of drug-likeness (QED) is 0.770. The Morgan fingerprint density at radius 1 is 1.35 bits per heavy atom. The zero-order valence-electron chi connectivity index (χ0n) is 8.93. The van der Waals surface area contributed by atoms with Crippen LogP contribution >= 0.6 is 22.9 Å². The lowest BCUT2D eigenvalue weighted by Gasteiger charge is -1.99. The molecule has 3 rings (SSSR count).